The Kier molecular flexibility index (Phi) is 38.5. The van der Waals surface area contributed by atoms with Crippen LogP contribution in [-0.2, 0) is 19.1 Å². The van der Waals surface area contributed by atoms with Gasteiger partial charge in [0.2, 0.25) is 0 Å². The highest BCUT2D eigenvalue weighted by Crippen LogP contribution is 2.12. The summed E-state index contributed by atoms with van der Waals surface area (Å²) in [5.74, 6) is -0.127. The molecule has 0 spiro atoms. The number of nitrogens with two attached hydrogens (primary N) is 1. The van der Waals surface area contributed by atoms with Crippen molar-refractivity contribution in [3.63, 3.8) is 0 Å². The van der Waals surface area contributed by atoms with E-state index in [0.717, 1.165) is 70.8 Å². The van der Waals surface area contributed by atoms with E-state index < -0.39 is 6.09 Å². The van der Waals surface area contributed by atoms with Crippen LogP contribution in [0.25, 0.3) is 0 Å². The number of carboxylic acid groups (broad SMARTS) is 1. The summed E-state index contributed by atoms with van der Waals surface area (Å²) in [6.07, 6.45) is 28.3. The molecule has 0 aromatic heterocycles. The lowest BCUT2D eigenvalue weighted by atomic mass is 10.1. The zero-order chi connectivity index (χ0) is 32.1. The number of rotatable bonds is 31. The van der Waals surface area contributed by atoms with Crippen LogP contribution >= 0.6 is 0 Å². The Morgan fingerprint density at radius 3 is 1.23 bits per heavy atom. The fraction of sp³-hybridized carbons (Fsp3) is 0.914. The Morgan fingerprint density at radius 1 is 0.512 bits per heavy atom. The maximum atomic E-state index is 11.5. The number of esters is 2. The van der Waals surface area contributed by atoms with Crippen molar-refractivity contribution in [2.24, 2.45) is 5.73 Å². The van der Waals surface area contributed by atoms with Crippen LogP contribution in [-0.4, -0.2) is 49.4 Å². The molecule has 43 heavy (non-hydrogen) atoms. The predicted octanol–water partition coefficient (Wildman–Crippen LogP) is 9.47. The minimum absolute atomic E-state index is 0.0271. The Labute approximate surface area is 265 Å². The normalized spacial score (nSPS) is 10.6. The molecular weight excluding hydrogens is 544 g/mol. The van der Waals surface area contributed by atoms with E-state index in [1.54, 1.807) is 0 Å². The molecule has 8 nitrogen and oxygen atoms in total. The quantitative estimate of drug-likeness (QED) is 0.0524. The molecule has 8 heteroatoms. The summed E-state index contributed by atoms with van der Waals surface area (Å²) in [5.41, 5.74) is 5.40. The Bertz CT molecular complexity index is 603. The van der Waals surface area contributed by atoms with Crippen molar-refractivity contribution in [2.75, 3.05) is 26.3 Å². The van der Waals surface area contributed by atoms with Crippen molar-refractivity contribution >= 4 is 18.0 Å². The Morgan fingerprint density at radius 2 is 0.860 bits per heavy atom. The van der Waals surface area contributed by atoms with Crippen molar-refractivity contribution in [3.05, 3.63) is 0 Å². The van der Waals surface area contributed by atoms with E-state index in [0.29, 0.717) is 32.6 Å². The molecule has 0 aromatic carbocycles. The average molecular weight is 615 g/mol. The van der Waals surface area contributed by atoms with Gasteiger partial charge in [0, 0.05) is 19.4 Å². The van der Waals surface area contributed by atoms with Crippen LogP contribution in [0.2, 0.25) is 0 Å². The number of carbonyl (C=O) groups is 3. The monoisotopic (exact) mass is 615 g/mol. The van der Waals surface area contributed by atoms with Gasteiger partial charge in [-0.15, -0.1) is 0 Å². The molecule has 4 N–H and O–H groups in total. The van der Waals surface area contributed by atoms with Gasteiger partial charge in [-0.05, 0) is 57.9 Å². The van der Waals surface area contributed by atoms with Crippen LogP contribution in [0.3, 0.4) is 0 Å². The molecule has 0 saturated heterocycles. The molecule has 0 rings (SSSR count). The van der Waals surface area contributed by atoms with E-state index in [4.69, 9.17) is 20.3 Å². The van der Waals surface area contributed by atoms with Gasteiger partial charge in [-0.25, -0.2) is 4.79 Å². The third kappa shape index (κ3) is 42.4. The third-order valence-electron chi connectivity index (χ3n) is 7.44. The lowest BCUT2D eigenvalue weighted by Gasteiger charge is -2.05. The average Bonchev–Trinajstić information content (AvgIpc) is 2.99. The zero-order valence-corrected chi connectivity index (χ0v) is 28.3. The molecule has 0 aliphatic heterocycles. The second-order valence-corrected chi connectivity index (χ2v) is 11.7. The predicted molar refractivity (Wildman–Crippen MR) is 178 cm³/mol. The SMILES string of the molecule is CCCCCCCCCCCC(=O)OCCCCCN.CCCCCCCCCCCC(=O)OCCCCCNC(=O)O. The number of amides is 1. The van der Waals surface area contributed by atoms with Crippen LogP contribution in [0.15, 0.2) is 0 Å². The smallest absolute Gasteiger partial charge is 0.404 e. The van der Waals surface area contributed by atoms with Gasteiger partial charge in [0.15, 0.2) is 0 Å². The molecule has 0 heterocycles. The Hall–Kier alpha value is -1.83. The topological polar surface area (TPSA) is 128 Å². The van der Waals surface area contributed by atoms with E-state index in [1.807, 2.05) is 0 Å². The van der Waals surface area contributed by atoms with E-state index in [1.165, 1.54) is 89.9 Å². The molecule has 256 valence electrons. The van der Waals surface area contributed by atoms with Gasteiger partial charge in [-0.1, -0.05) is 117 Å². The molecular formula is C35H70N2O6. The van der Waals surface area contributed by atoms with Gasteiger partial charge in [-0.3, -0.25) is 9.59 Å². The van der Waals surface area contributed by atoms with Crippen molar-refractivity contribution in [3.8, 4) is 0 Å². The van der Waals surface area contributed by atoms with E-state index in [-0.39, 0.29) is 11.9 Å². The summed E-state index contributed by atoms with van der Waals surface area (Å²) in [6.45, 7) is 6.68. The first kappa shape index (κ1) is 43.3. The van der Waals surface area contributed by atoms with Crippen LogP contribution in [0.5, 0.6) is 0 Å². The fourth-order valence-corrected chi connectivity index (χ4v) is 4.70. The van der Waals surface area contributed by atoms with Gasteiger partial charge in [0.05, 0.1) is 13.2 Å². The van der Waals surface area contributed by atoms with Crippen molar-refractivity contribution in [1.82, 2.24) is 5.32 Å². The Balaban J connectivity index is 0. The lowest BCUT2D eigenvalue weighted by molar-refractivity contribution is -0.144. The summed E-state index contributed by atoms with van der Waals surface area (Å²) in [6, 6.07) is 0. The summed E-state index contributed by atoms with van der Waals surface area (Å²) in [5, 5.41) is 10.7. The first-order chi connectivity index (χ1) is 21.0. The molecule has 0 fully saturated rings. The highest BCUT2D eigenvalue weighted by atomic mass is 16.5. The van der Waals surface area contributed by atoms with Crippen LogP contribution in [0.1, 0.15) is 181 Å². The highest BCUT2D eigenvalue weighted by Gasteiger charge is 2.03. The van der Waals surface area contributed by atoms with E-state index in [2.05, 4.69) is 19.2 Å². The maximum Gasteiger partial charge on any atom is 0.404 e. The third-order valence-corrected chi connectivity index (χ3v) is 7.44. The minimum atomic E-state index is -0.989. The number of hydrogen-bond acceptors (Lipinski definition) is 6. The molecule has 0 unspecified atom stereocenters. The molecule has 0 bridgehead atoms. The van der Waals surface area contributed by atoms with Crippen molar-refractivity contribution in [2.45, 2.75) is 181 Å². The van der Waals surface area contributed by atoms with Crippen molar-refractivity contribution in [1.29, 1.82) is 0 Å². The first-order valence-electron chi connectivity index (χ1n) is 18.0. The fourth-order valence-electron chi connectivity index (χ4n) is 4.70. The van der Waals surface area contributed by atoms with Gasteiger partial charge in [-0.2, -0.15) is 0 Å². The number of carbonyl (C=O) groups excluding carboxylic acids is 2. The van der Waals surface area contributed by atoms with Crippen LogP contribution < -0.4 is 11.1 Å². The minimum Gasteiger partial charge on any atom is -0.466 e. The molecule has 0 aliphatic rings. The van der Waals surface area contributed by atoms with Crippen LogP contribution in [0, 0.1) is 0 Å². The molecule has 0 aliphatic carbocycles. The van der Waals surface area contributed by atoms with Gasteiger partial charge in [0.25, 0.3) is 0 Å². The highest BCUT2D eigenvalue weighted by molar-refractivity contribution is 5.69. The van der Waals surface area contributed by atoms with E-state index >= 15 is 0 Å². The van der Waals surface area contributed by atoms with E-state index in [9.17, 15) is 14.4 Å². The van der Waals surface area contributed by atoms with Gasteiger partial charge < -0.3 is 25.6 Å². The molecule has 0 radical (unpaired) electrons. The summed E-state index contributed by atoms with van der Waals surface area (Å²) < 4.78 is 10.3. The number of hydrogen-bond donors (Lipinski definition) is 3. The number of unbranched alkanes of at least 4 members (excludes halogenated alkanes) is 20. The molecule has 0 atom stereocenters. The lowest BCUT2D eigenvalue weighted by Crippen LogP contribution is -2.21. The first-order valence-corrected chi connectivity index (χ1v) is 18.0. The second kappa shape index (κ2) is 38.2. The van der Waals surface area contributed by atoms with Crippen LogP contribution in [0.4, 0.5) is 4.79 Å². The molecule has 0 aromatic rings. The largest absolute Gasteiger partial charge is 0.466 e. The van der Waals surface area contributed by atoms with Crippen molar-refractivity contribution < 1.29 is 29.0 Å². The zero-order valence-electron chi connectivity index (χ0n) is 28.3. The summed E-state index contributed by atoms with van der Waals surface area (Å²) >= 11 is 0. The number of nitrogens with one attached hydrogen (secondary N) is 1. The summed E-state index contributed by atoms with van der Waals surface area (Å²) in [4.78, 5) is 33.2. The second-order valence-electron chi connectivity index (χ2n) is 11.7. The summed E-state index contributed by atoms with van der Waals surface area (Å²) in [7, 11) is 0. The molecule has 0 saturated carbocycles. The van der Waals surface area contributed by atoms with Gasteiger partial charge >= 0.3 is 18.0 Å². The van der Waals surface area contributed by atoms with Gasteiger partial charge in [0.1, 0.15) is 0 Å². The molecule has 1 amide bonds. The standard InChI is InChI=1S/C18H35NO4.C17H35NO2/c1-2-3-4-5-6-7-8-9-11-14-17(20)23-16-13-10-12-15-19-18(21)22;1-2-3-4-5-6-7-8-9-11-14-17(19)20-16-13-10-12-15-18/h19H,2-16H2,1H3,(H,21,22);2-16,18H2,1H3. The maximum absolute atomic E-state index is 11.5. The number of ether oxygens (including phenoxy) is 2.